The summed E-state index contributed by atoms with van der Waals surface area (Å²) < 4.78 is 0. The van der Waals surface area contributed by atoms with Crippen molar-refractivity contribution in [1.29, 1.82) is 0 Å². The second-order valence-corrected chi connectivity index (χ2v) is 4.63. The average molecular weight is 287 g/mol. The maximum absolute atomic E-state index is 4.11. The van der Waals surface area contributed by atoms with Crippen LogP contribution in [-0.4, -0.2) is 18.4 Å². The van der Waals surface area contributed by atoms with Crippen molar-refractivity contribution in [2.45, 2.75) is 0 Å². The van der Waals surface area contributed by atoms with Crippen LogP contribution in [0, 0.1) is 0 Å². The van der Waals surface area contributed by atoms with Crippen LogP contribution in [0.25, 0.3) is 16.7 Å². The minimum absolute atomic E-state index is 0.754. The molecular formula is C19H17N3. The number of hydrogen-bond donors (Lipinski definition) is 0. The molecule has 0 bridgehead atoms. The SMILES string of the molecule is C=N/C=C\C(=C)C(=C)c1cc(-c2ccncc2)ccc1N=C. The average Bonchev–Trinajstić information content (AvgIpc) is 2.59. The van der Waals surface area contributed by atoms with Crippen molar-refractivity contribution in [3.05, 3.63) is 79.3 Å². The molecule has 22 heavy (non-hydrogen) atoms. The van der Waals surface area contributed by atoms with Gasteiger partial charge in [0.1, 0.15) is 0 Å². The number of allylic oxidation sites excluding steroid dienone is 3. The summed E-state index contributed by atoms with van der Waals surface area (Å²) in [4.78, 5) is 11.8. The lowest BCUT2D eigenvalue weighted by molar-refractivity contribution is 1.33. The Kier molecular flexibility index (Phi) is 4.94. The first-order valence-electron chi connectivity index (χ1n) is 6.69. The maximum atomic E-state index is 4.11. The van der Waals surface area contributed by atoms with Gasteiger partial charge in [-0.15, -0.1) is 0 Å². The summed E-state index contributed by atoms with van der Waals surface area (Å²) in [5.41, 5.74) is 5.33. The van der Waals surface area contributed by atoms with Crippen LogP contribution in [0.3, 0.4) is 0 Å². The Morgan fingerprint density at radius 2 is 1.73 bits per heavy atom. The molecule has 0 saturated carbocycles. The summed E-state index contributed by atoms with van der Waals surface area (Å²) in [6.07, 6.45) is 6.88. The van der Waals surface area contributed by atoms with Crippen molar-refractivity contribution < 1.29 is 0 Å². The van der Waals surface area contributed by atoms with Gasteiger partial charge in [-0.05, 0) is 66.0 Å². The van der Waals surface area contributed by atoms with E-state index in [1.54, 1.807) is 24.7 Å². The number of hydrogen-bond acceptors (Lipinski definition) is 3. The van der Waals surface area contributed by atoms with Gasteiger partial charge in [0.25, 0.3) is 0 Å². The molecule has 2 aromatic rings. The van der Waals surface area contributed by atoms with E-state index in [2.05, 4.69) is 41.6 Å². The first-order valence-corrected chi connectivity index (χ1v) is 6.69. The van der Waals surface area contributed by atoms with Crippen LogP contribution in [0.1, 0.15) is 5.56 Å². The quantitative estimate of drug-likeness (QED) is 0.552. The summed E-state index contributed by atoms with van der Waals surface area (Å²) in [5, 5.41) is 0. The lowest BCUT2D eigenvalue weighted by Gasteiger charge is -2.12. The molecule has 0 fully saturated rings. The van der Waals surface area contributed by atoms with Crippen LogP contribution >= 0.6 is 0 Å². The van der Waals surface area contributed by atoms with E-state index in [4.69, 9.17) is 0 Å². The van der Waals surface area contributed by atoms with Crippen molar-refractivity contribution in [2.75, 3.05) is 0 Å². The molecule has 0 atom stereocenters. The molecule has 2 rings (SSSR count). The highest BCUT2D eigenvalue weighted by Crippen LogP contribution is 2.33. The molecule has 0 N–H and O–H groups in total. The van der Waals surface area contributed by atoms with Crippen LogP contribution in [-0.2, 0) is 0 Å². The van der Waals surface area contributed by atoms with Crippen LogP contribution in [0.2, 0.25) is 0 Å². The summed E-state index contributed by atoms with van der Waals surface area (Å²) in [5.74, 6) is 0. The third kappa shape index (κ3) is 3.33. The monoisotopic (exact) mass is 287 g/mol. The number of pyridine rings is 1. The van der Waals surface area contributed by atoms with E-state index in [9.17, 15) is 0 Å². The summed E-state index contributed by atoms with van der Waals surface area (Å²) >= 11 is 0. The van der Waals surface area contributed by atoms with Crippen LogP contribution in [0.4, 0.5) is 5.69 Å². The number of nitrogens with zero attached hydrogens (tertiary/aromatic N) is 3. The molecule has 0 spiro atoms. The van der Waals surface area contributed by atoms with E-state index in [1.807, 2.05) is 30.3 Å². The molecule has 0 aliphatic heterocycles. The Labute approximate surface area is 130 Å². The zero-order valence-electron chi connectivity index (χ0n) is 12.4. The van der Waals surface area contributed by atoms with Gasteiger partial charge in [-0.25, -0.2) is 0 Å². The Balaban J connectivity index is 2.47. The highest BCUT2D eigenvalue weighted by molar-refractivity contribution is 5.87. The number of rotatable bonds is 6. The van der Waals surface area contributed by atoms with Crippen molar-refractivity contribution in [3.63, 3.8) is 0 Å². The van der Waals surface area contributed by atoms with Crippen LogP contribution in [0.5, 0.6) is 0 Å². The topological polar surface area (TPSA) is 37.6 Å². The minimum Gasteiger partial charge on any atom is -0.272 e. The highest BCUT2D eigenvalue weighted by atomic mass is 14.7. The summed E-state index contributed by atoms with van der Waals surface area (Å²) in [6.45, 7) is 15.1. The molecule has 1 aromatic heterocycles. The largest absolute Gasteiger partial charge is 0.272 e. The minimum atomic E-state index is 0.754. The number of aliphatic imine (C=N–C) groups is 2. The molecule has 0 unspecified atom stereocenters. The van der Waals surface area contributed by atoms with E-state index in [0.717, 1.165) is 33.5 Å². The van der Waals surface area contributed by atoms with E-state index < -0.39 is 0 Å². The first kappa shape index (κ1) is 15.3. The van der Waals surface area contributed by atoms with Gasteiger partial charge in [0.2, 0.25) is 0 Å². The fourth-order valence-corrected chi connectivity index (χ4v) is 2.06. The third-order valence-corrected chi connectivity index (χ3v) is 3.27. The van der Waals surface area contributed by atoms with Gasteiger partial charge >= 0.3 is 0 Å². The second-order valence-electron chi connectivity index (χ2n) is 4.63. The van der Waals surface area contributed by atoms with E-state index in [0.29, 0.717) is 0 Å². The number of benzene rings is 1. The molecule has 0 aliphatic rings. The standard InChI is InChI=1S/C19H17N3/c1-14(7-10-20-3)15(2)18-13-17(5-6-19(18)21-4)16-8-11-22-12-9-16/h5-13H,1-4H2/b10-7-. The molecular weight excluding hydrogens is 270 g/mol. The zero-order chi connectivity index (χ0) is 15.9. The molecule has 0 aliphatic carbocycles. The molecule has 1 aromatic carbocycles. The lowest BCUT2D eigenvalue weighted by atomic mass is 9.95. The maximum Gasteiger partial charge on any atom is 0.0701 e. The Bertz CT molecular complexity index is 756. The van der Waals surface area contributed by atoms with Gasteiger partial charge < -0.3 is 0 Å². The fraction of sp³-hybridized carbons (Fsp3) is 0. The predicted molar refractivity (Wildman–Crippen MR) is 95.7 cm³/mol. The molecule has 0 radical (unpaired) electrons. The molecule has 3 nitrogen and oxygen atoms in total. The zero-order valence-corrected chi connectivity index (χ0v) is 12.4. The van der Waals surface area contributed by atoms with Gasteiger partial charge in [0, 0.05) is 24.2 Å². The molecule has 3 heteroatoms. The Hall–Kier alpha value is -3.07. The number of aromatic nitrogens is 1. The smallest absolute Gasteiger partial charge is 0.0701 e. The van der Waals surface area contributed by atoms with Crippen molar-refractivity contribution in [3.8, 4) is 11.1 Å². The third-order valence-electron chi connectivity index (χ3n) is 3.27. The predicted octanol–water partition coefficient (Wildman–Crippen LogP) is 4.86. The van der Waals surface area contributed by atoms with Gasteiger partial charge in [-0.3, -0.25) is 15.0 Å². The molecule has 0 amide bonds. The lowest BCUT2D eigenvalue weighted by Crippen LogP contribution is -1.88. The molecule has 108 valence electrons. The van der Waals surface area contributed by atoms with Gasteiger partial charge in [-0.2, -0.15) is 0 Å². The van der Waals surface area contributed by atoms with Crippen molar-refractivity contribution in [2.24, 2.45) is 9.98 Å². The molecule has 0 saturated heterocycles. The fourth-order valence-electron chi connectivity index (χ4n) is 2.06. The Morgan fingerprint density at radius 1 is 1.00 bits per heavy atom. The normalized spacial score (nSPS) is 10.4. The van der Waals surface area contributed by atoms with Crippen LogP contribution in [0.15, 0.2) is 83.7 Å². The van der Waals surface area contributed by atoms with E-state index in [-0.39, 0.29) is 0 Å². The van der Waals surface area contributed by atoms with E-state index in [1.165, 1.54) is 0 Å². The van der Waals surface area contributed by atoms with Gasteiger partial charge in [0.05, 0.1) is 5.69 Å². The summed E-state index contributed by atoms with van der Waals surface area (Å²) in [7, 11) is 0. The Morgan fingerprint density at radius 3 is 2.36 bits per heavy atom. The summed E-state index contributed by atoms with van der Waals surface area (Å²) in [6, 6.07) is 9.87. The first-order chi connectivity index (χ1) is 10.7. The van der Waals surface area contributed by atoms with E-state index >= 15 is 0 Å². The highest BCUT2D eigenvalue weighted by Gasteiger charge is 2.09. The van der Waals surface area contributed by atoms with Crippen molar-refractivity contribution >= 4 is 24.7 Å². The van der Waals surface area contributed by atoms with Gasteiger partial charge in [-0.1, -0.05) is 19.2 Å². The van der Waals surface area contributed by atoms with Crippen molar-refractivity contribution in [1.82, 2.24) is 4.98 Å². The van der Waals surface area contributed by atoms with Crippen LogP contribution < -0.4 is 0 Å². The molecule has 1 heterocycles. The second kappa shape index (κ2) is 7.09. The van der Waals surface area contributed by atoms with Gasteiger partial charge in [0.15, 0.2) is 0 Å².